The highest BCUT2D eigenvalue weighted by Crippen LogP contribution is 2.11. The minimum absolute atomic E-state index is 0.0260. The fraction of sp³-hybridized carbons (Fsp3) is 0.471. The number of hydrogen-bond donors (Lipinski definition) is 3. The van der Waals surface area contributed by atoms with Crippen LogP contribution in [0.15, 0.2) is 72.8 Å². The molecule has 10 heteroatoms. The van der Waals surface area contributed by atoms with Gasteiger partial charge in [-0.2, -0.15) is 0 Å². The molecule has 0 radical (unpaired) electrons. The standard InChI is InChI=1S/C34H46N4O6/c1-34(2,3)44-33(42)37-29(17-12-20-35-24-31(40)43-25-27-15-8-5-9-16-27)32(41)36-28(23-26-13-6-4-7-14-26)18-19-30(39)38-21-10-11-22-38/h4-9,13-16,18-19,28-29,35H,10-12,17,20-25H2,1-3H3,(H,36,41)(H,37,42)/b19-18+. The van der Waals surface area contributed by atoms with Gasteiger partial charge in [0.1, 0.15) is 18.2 Å². The van der Waals surface area contributed by atoms with Crippen molar-refractivity contribution in [2.24, 2.45) is 0 Å². The predicted molar refractivity (Wildman–Crippen MR) is 169 cm³/mol. The Morgan fingerprint density at radius 2 is 1.55 bits per heavy atom. The Bertz CT molecular complexity index is 1220. The molecule has 1 aliphatic heterocycles. The fourth-order valence-corrected chi connectivity index (χ4v) is 4.69. The summed E-state index contributed by atoms with van der Waals surface area (Å²) in [5, 5.41) is 8.75. The molecule has 2 atom stereocenters. The van der Waals surface area contributed by atoms with Crippen LogP contribution in [-0.4, -0.2) is 72.6 Å². The highest BCUT2D eigenvalue weighted by Gasteiger charge is 2.26. The molecular weight excluding hydrogens is 560 g/mol. The van der Waals surface area contributed by atoms with Crippen molar-refractivity contribution in [1.82, 2.24) is 20.9 Å². The summed E-state index contributed by atoms with van der Waals surface area (Å²) in [4.78, 5) is 52.7. The van der Waals surface area contributed by atoms with Crippen molar-refractivity contribution in [3.05, 3.63) is 83.9 Å². The van der Waals surface area contributed by atoms with E-state index in [2.05, 4.69) is 16.0 Å². The molecule has 2 aromatic rings. The maximum Gasteiger partial charge on any atom is 0.408 e. The molecule has 0 saturated carbocycles. The van der Waals surface area contributed by atoms with Crippen LogP contribution >= 0.6 is 0 Å². The average Bonchev–Trinajstić information content (AvgIpc) is 3.53. The highest BCUT2D eigenvalue weighted by molar-refractivity contribution is 5.88. The normalized spacial score (nSPS) is 14.6. The highest BCUT2D eigenvalue weighted by atomic mass is 16.6. The summed E-state index contributed by atoms with van der Waals surface area (Å²) in [6.45, 7) is 7.38. The Hall–Kier alpha value is -4.18. The minimum atomic E-state index is -0.891. The molecular formula is C34H46N4O6. The van der Waals surface area contributed by atoms with Crippen molar-refractivity contribution in [2.75, 3.05) is 26.2 Å². The van der Waals surface area contributed by atoms with Gasteiger partial charge in [-0.25, -0.2) is 4.79 Å². The summed E-state index contributed by atoms with van der Waals surface area (Å²) in [5.74, 6) is -0.849. The largest absolute Gasteiger partial charge is 0.460 e. The number of nitrogens with one attached hydrogen (secondary N) is 3. The summed E-state index contributed by atoms with van der Waals surface area (Å²) >= 11 is 0. The van der Waals surface area contributed by atoms with Gasteiger partial charge >= 0.3 is 12.1 Å². The van der Waals surface area contributed by atoms with E-state index in [4.69, 9.17) is 9.47 Å². The first kappa shape index (κ1) is 34.3. The lowest BCUT2D eigenvalue weighted by molar-refractivity contribution is -0.143. The molecule has 0 bridgehead atoms. The first-order valence-corrected chi connectivity index (χ1v) is 15.3. The number of benzene rings is 2. The molecule has 3 rings (SSSR count). The van der Waals surface area contributed by atoms with Gasteiger partial charge < -0.3 is 30.3 Å². The summed E-state index contributed by atoms with van der Waals surface area (Å²) in [6, 6.07) is 17.7. The van der Waals surface area contributed by atoms with Gasteiger partial charge in [-0.1, -0.05) is 66.7 Å². The maximum absolute atomic E-state index is 13.5. The third kappa shape index (κ3) is 13.4. The summed E-state index contributed by atoms with van der Waals surface area (Å²) in [7, 11) is 0. The molecule has 0 aromatic heterocycles. The number of esters is 1. The van der Waals surface area contributed by atoms with Gasteiger partial charge in [0.15, 0.2) is 0 Å². The first-order chi connectivity index (χ1) is 21.1. The number of rotatable bonds is 15. The molecule has 2 aromatic carbocycles. The Morgan fingerprint density at radius 1 is 0.909 bits per heavy atom. The second-order valence-electron chi connectivity index (χ2n) is 11.9. The van der Waals surface area contributed by atoms with E-state index in [1.165, 1.54) is 6.08 Å². The summed E-state index contributed by atoms with van der Waals surface area (Å²) < 4.78 is 10.7. The maximum atomic E-state index is 13.5. The third-order valence-corrected chi connectivity index (χ3v) is 6.88. The molecule has 1 heterocycles. The molecule has 238 valence electrons. The van der Waals surface area contributed by atoms with Crippen LogP contribution in [0.25, 0.3) is 0 Å². The lowest BCUT2D eigenvalue weighted by Gasteiger charge is -2.25. The Kier molecular flexibility index (Phi) is 13.9. The SMILES string of the molecule is CC(C)(C)OC(=O)NC(CCCNCC(=O)OCc1ccccc1)C(=O)NC(/C=C/C(=O)N1CCCC1)Cc1ccccc1. The fourth-order valence-electron chi connectivity index (χ4n) is 4.69. The summed E-state index contributed by atoms with van der Waals surface area (Å²) in [6.07, 6.45) is 5.79. The number of amides is 3. The molecule has 0 spiro atoms. The van der Waals surface area contributed by atoms with Crippen LogP contribution in [0.2, 0.25) is 0 Å². The van der Waals surface area contributed by atoms with Crippen molar-refractivity contribution >= 4 is 23.9 Å². The van der Waals surface area contributed by atoms with Crippen molar-refractivity contribution in [3.63, 3.8) is 0 Å². The number of carbonyl (C=O) groups is 4. The Labute approximate surface area is 260 Å². The van der Waals surface area contributed by atoms with E-state index in [9.17, 15) is 19.2 Å². The van der Waals surface area contributed by atoms with Crippen molar-refractivity contribution in [3.8, 4) is 0 Å². The van der Waals surface area contributed by atoms with E-state index in [0.717, 1.165) is 37.1 Å². The quantitative estimate of drug-likeness (QED) is 0.160. The van der Waals surface area contributed by atoms with E-state index < -0.39 is 29.7 Å². The molecule has 3 N–H and O–H groups in total. The predicted octanol–water partition coefficient (Wildman–Crippen LogP) is 3.90. The Balaban J connectivity index is 1.58. The van der Waals surface area contributed by atoms with Crippen LogP contribution in [-0.2, 0) is 36.9 Å². The van der Waals surface area contributed by atoms with Gasteiger partial charge in [-0.05, 0) is 70.5 Å². The van der Waals surface area contributed by atoms with E-state index in [-0.39, 0.29) is 25.0 Å². The molecule has 3 amide bonds. The number of likely N-dealkylation sites (tertiary alicyclic amines) is 1. The zero-order chi connectivity index (χ0) is 31.8. The first-order valence-electron chi connectivity index (χ1n) is 15.3. The van der Waals surface area contributed by atoms with E-state index in [1.807, 2.05) is 60.7 Å². The number of hydrogen-bond acceptors (Lipinski definition) is 7. The molecule has 0 aliphatic carbocycles. The molecule has 1 saturated heterocycles. The van der Waals surface area contributed by atoms with Crippen molar-refractivity contribution < 1.29 is 28.7 Å². The third-order valence-electron chi connectivity index (χ3n) is 6.88. The molecule has 44 heavy (non-hydrogen) atoms. The van der Waals surface area contributed by atoms with Gasteiger partial charge in [-0.15, -0.1) is 0 Å². The zero-order valence-electron chi connectivity index (χ0n) is 26.1. The lowest BCUT2D eigenvalue weighted by atomic mass is 10.0. The molecule has 2 unspecified atom stereocenters. The van der Waals surface area contributed by atoms with E-state index >= 15 is 0 Å². The summed E-state index contributed by atoms with van der Waals surface area (Å²) in [5.41, 5.74) is 1.17. The number of carbonyl (C=O) groups excluding carboxylic acids is 4. The van der Waals surface area contributed by atoms with Crippen LogP contribution < -0.4 is 16.0 Å². The number of alkyl carbamates (subject to hydrolysis) is 1. The van der Waals surface area contributed by atoms with Gasteiger partial charge in [0.05, 0.1) is 12.6 Å². The monoisotopic (exact) mass is 606 g/mol. The minimum Gasteiger partial charge on any atom is -0.460 e. The van der Waals surface area contributed by atoms with E-state index in [1.54, 1.807) is 31.7 Å². The number of ether oxygens (including phenoxy) is 2. The van der Waals surface area contributed by atoms with Crippen molar-refractivity contribution in [1.29, 1.82) is 0 Å². The van der Waals surface area contributed by atoms with Crippen LogP contribution in [0.4, 0.5) is 4.79 Å². The molecule has 1 aliphatic rings. The van der Waals surface area contributed by atoms with Crippen molar-refractivity contribution in [2.45, 2.75) is 77.2 Å². The second-order valence-corrected chi connectivity index (χ2v) is 11.9. The second kappa shape index (κ2) is 17.8. The zero-order valence-corrected chi connectivity index (χ0v) is 26.1. The van der Waals surface area contributed by atoms with Gasteiger partial charge in [0, 0.05) is 19.2 Å². The van der Waals surface area contributed by atoms with Crippen LogP contribution in [0.1, 0.15) is 57.6 Å². The smallest absolute Gasteiger partial charge is 0.408 e. The topological polar surface area (TPSA) is 126 Å². The Morgan fingerprint density at radius 3 is 2.18 bits per heavy atom. The number of nitrogens with zero attached hydrogens (tertiary/aromatic N) is 1. The van der Waals surface area contributed by atoms with Crippen LogP contribution in [0.5, 0.6) is 0 Å². The average molecular weight is 607 g/mol. The molecule has 1 fully saturated rings. The van der Waals surface area contributed by atoms with Crippen LogP contribution in [0.3, 0.4) is 0 Å². The van der Waals surface area contributed by atoms with Gasteiger partial charge in [-0.3, -0.25) is 14.4 Å². The van der Waals surface area contributed by atoms with Gasteiger partial charge in [0.2, 0.25) is 11.8 Å². The van der Waals surface area contributed by atoms with E-state index in [0.29, 0.717) is 25.8 Å². The lowest BCUT2D eigenvalue weighted by Crippen LogP contribution is -2.51. The van der Waals surface area contributed by atoms with Gasteiger partial charge in [0.25, 0.3) is 0 Å². The van der Waals surface area contributed by atoms with Crippen LogP contribution in [0, 0.1) is 0 Å². The molecule has 10 nitrogen and oxygen atoms in total.